The van der Waals surface area contributed by atoms with Crippen molar-refractivity contribution in [3.63, 3.8) is 0 Å². The van der Waals surface area contributed by atoms with E-state index in [0.29, 0.717) is 6.61 Å². The van der Waals surface area contributed by atoms with Gasteiger partial charge in [-0.1, -0.05) is 49.1 Å². The van der Waals surface area contributed by atoms with Gasteiger partial charge in [-0.15, -0.1) is 0 Å². The minimum absolute atomic E-state index is 0.245. The number of hydrogen-bond donors (Lipinski definition) is 1. The second-order valence-corrected chi connectivity index (χ2v) is 6.82. The van der Waals surface area contributed by atoms with E-state index in [1.807, 2.05) is 48.5 Å². The predicted molar refractivity (Wildman–Crippen MR) is 108 cm³/mol. The maximum Gasteiger partial charge on any atom is 0.329 e. The molecule has 3 rings (SSSR count). The standard InChI is InChI=1S/C20H17IN2O3/c1-2-10-26-18-9-8-15(11-16(18)21)12-17-19(24)23(20(25)22-17)13-14-6-4-3-5-7-14/h2-9,11-12H,1,10,13H2,(H,22,25)/b17-12+. The number of nitrogens with zero attached hydrogens (tertiary/aromatic N) is 1. The van der Waals surface area contributed by atoms with E-state index in [4.69, 9.17) is 4.74 Å². The van der Waals surface area contributed by atoms with Crippen molar-refractivity contribution >= 4 is 40.6 Å². The molecule has 2 aromatic carbocycles. The number of urea groups is 1. The fraction of sp³-hybridized carbons (Fsp3) is 0.100. The molecule has 0 bridgehead atoms. The largest absolute Gasteiger partial charge is 0.488 e. The number of ether oxygens (including phenoxy) is 1. The number of rotatable bonds is 6. The molecule has 0 spiro atoms. The fourth-order valence-corrected chi connectivity index (χ4v) is 3.22. The molecule has 0 unspecified atom stereocenters. The lowest BCUT2D eigenvalue weighted by molar-refractivity contribution is -0.123. The Morgan fingerprint density at radius 3 is 2.62 bits per heavy atom. The predicted octanol–water partition coefficient (Wildman–Crippen LogP) is 3.95. The average Bonchev–Trinajstić information content (AvgIpc) is 2.89. The summed E-state index contributed by atoms with van der Waals surface area (Å²) in [5.41, 5.74) is 1.97. The molecular weight excluding hydrogens is 443 g/mol. The Balaban J connectivity index is 1.77. The summed E-state index contributed by atoms with van der Waals surface area (Å²) in [6.07, 6.45) is 3.35. The zero-order valence-electron chi connectivity index (χ0n) is 13.9. The van der Waals surface area contributed by atoms with E-state index in [-0.39, 0.29) is 18.1 Å². The van der Waals surface area contributed by atoms with Crippen molar-refractivity contribution in [2.45, 2.75) is 6.54 Å². The maximum atomic E-state index is 12.6. The first-order chi connectivity index (χ1) is 12.6. The zero-order chi connectivity index (χ0) is 18.5. The number of nitrogens with one attached hydrogen (secondary N) is 1. The highest BCUT2D eigenvalue weighted by molar-refractivity contribution is 14.1. The first-order valence-corrected chi connectivity index (χ1v) is 9.08. The summed E-state index contributed by atoms with van der Waals surface area (Å²) >= 11 is 2.17. The van der Waals surface area contributed by atoms with Gasteiger partial charge in [0.15, 0.2) is 0 Å². The smallest absolute Gasteiger partial charge is 0.329 e. The van der Waals surface area contributed by atoms with Gasteiger partial charge in [-0.2, -0.15) is 0 Å². The summed E-state index contributed by atoms with van der Waals surface area (Å²) in [6, 6.07) is 14.6. The van der Waals surface area contributed by atoms with Crippen molar-refractivity contribution in [1.29, 1.82) is 0 Å². The molecule has 132 valence electrons. The van der Waals surface area contributed by atoms with Gasteiger partial charge >= 0.3 is 6.03 Å². The van der Waals surface area contributed by atoms with Gasteiger partial charge in [0.05, 0.1) is 10.1 Å². The molecule has 6 heteroatoms. The Morgan fingerprint density at radius 2 is 1.92 bits per heavy atom. The van der Waals surface area contributed by atoms with Crippen LogP contribution in [0.5, 0.6) is 5.75 Å². The van der Waals surface area contributed by atoms with Crippen LogP contribution >= 0.6 is 22.6 Å². The monoisotopic (exact) mass is 460 g/mol. The van der Waals surface area contributed by atoms with Gasteiger partial charge in [-0.25, -0.2) is 4.79 Å². The minimum Gasteiger partial charge on any atom is -0.488 e. The molecule has 1 fully saturated rings. The summed E-state index contributed by atoms with van der Waals surface area (Å²) in [4.78, 5) is 25.9. The first kappa shape index (κ1) is 18.2. The molecule has 1 aliphatic rings. The second kappa shape index (κ2) is 8.18. The third-order valence-corrected chi connectivity index (χ3v) is 4.61. The highest BCUT2D eigenvalue weighted by Gasteiger charge is 2.33. The van der Waals surface area contributed by atoms with Gasteiger partial charge < -0.3 is 10.1 Å². The van der Waals surface area contributed by atoms with Crippen molar-refractivity contribution in [2.75, 3.05) is 6.61 Å². The molecule has 5 nitrogen and oxygen atoms in total. The van der Waals surface area contributed by atoms with E-state index in [1.54, 1.807) is 12.2 Å². The van der Waals surface area contributed by atoms with E-state index >= 15 is 0 Å². The number of benzene rings is 2. The van der Waals surface area contributed by atoms with E-state index in [1.165, 1.54) is 4.90 Å². The lowest BCUT2D eigenvalue weighted by atomic mass is 10.1. The number of halogens is 1. The second-order valence-electron chi connectivity index (χ2n) is 5.65. The normalized spacial score (nSPS) is 15.3. The van der Waals surface area contributed by atoms with Crippen LogP contribution in [0.1, 0.15) is 11.1 Å². The Bertz CT molecular complexity index is 878. The topological polar surface area (TPSA) is 58.6 Å². The summed E-state index contributed by atoms with van der Waals surface area (Å²) in [6.45, 7) is 4.30. The van der Waals surface area contributed by atoms with Gasteiger partial charge in [-0.3, -0.25) is 9.69 Å². The molecule has 0 radical (unpaired) electrons. The number of amides is 3. The van der Waals surface area contributed by atoms with Crippen LogP contribution in [0.15, 0.2) is 66.9 Å². The van der Waals surface area contributed by atoms with Crippen molar-refractivity contribution in [1.82, 2.24) is 10.2 Å². The molecule has 0 saturated carbocycles. The Morgan fingerprint density at radius 1 is 1.15 bits per heavy atom. The summed E-state index contributed by atoms with van der Waals surface area (Å²) in [5.74, 6) is 0.418. The van der Waals surface area contributed by atoms with Crippen LogP contribution in [-0.2, 0) is 11.3 Å². The third kappa shape index (κ3) is 4.13. The molecular formula is C20H17IN2O3. The summed E-state index contributed by atoms with van der Waals surface area (Å²) in [7, 11) is 0. The van der Waals surface area contributed by atoms with Crippen molar-refractivity contribution < 1.29 is 14.3 Å². The molecule has 1 N–H and O–H groups in total. The zero-order valence-corrected chi connectivity index (χ0v) is 16.1. The van der Waals surface area contributed by atoms with Gasteiger partial charge in [0, 0.05) is 0 Å². The highest BCUT2D eigenvalue weighted by atomic mass is 127. The van der Waals surface area contributed by atoms with Crippen molar-refractivity contribution in [3.8, 4) is 5.75 Å². The SMILES string of the molecule is C=CCOc1ccc(/C=C2/NC(=O)N(Cc3ccccc3)C2=O)cc1I. The Hall–Kier alpha value is -2.61. The molecule has 1 saturated heterocycles. The van der Waals surface area contributed by atoms with E-state index in [9.17, 15) is 9.59 Å². The van der Waals surface area contributed by atoms with Crippen LogP contribution in [0.4, 0.5) is 4.79 Å². The molecule has 0 atom stereocenters. The van der Waals surface area contributed by atoms with Crippen LogP contribution in [0, 0.1) is 3.57 Å². The van der Waals surface area contributed by atoms with Crippen molar-refractivity contribution in [2.24, 2.45) is 0 Å². The van der Waals surface area contributed by atoms with Gasteiger partial charge in [0.2, 0.25) is 0 Å². The third-order valence-electron chi connectivity index (χ3n) is 3.77. The van der Waals surface area contributed by atoms with Crippen molar-refractivity contribution in [3.05, 3.63) is 81.6 Å². The van der Waals surface area contributed by atoms with E-state index in [0.717, 1.165) is 20.4 Å². The molecule has 2 aromatic rings. The number of imide groups is 1. The lowest BCUT2D eigenvalue weighted by Crippen LogP contribution is -2.30. The minimum atomic E-state index is -0.411. The molecule has 0 aliphatic carbocycles. The van der Waals surface area contributed by atoms with E-state index < -0.39 is 6.03 Å². The van der Waals surface area contributed by atoms with Gasteiger partial charge in [0.25, 0.3) is 5.91 Å². The van der Waals surface area contributed by atoms with Crippen LogP contribution < -0.4 is 10.1 Å². The average molecular weight is 460 g/mol. The van der Waals surface area contributed by atoms with E-state index in [2.05, 4.69) is 34.5 Å². The fourth-order valence-electron chi connectivity index (χ4n) is 2.52. The first-order valence-electron chi connectivity index (χ1n) is 8.00. The molecule has 1 aliphatic heterocycles. The molecule has 3 amide bonds. The number of carbonyl (C=O) groups is 2. The molecule has 0 aromatic heterocycles. The van der Waals surface area contributed by atoms with Crippen LogP contribution in [0.3, 0.4) is 0 Å². The molecule has 1 heterocycles. The Kier molecular flexibility index (Phi) is 5.72. The van der Waals surface area contributed by atoms with Gasteiger partial charge in [0.1, 0.15) is 18.1 Å². The molecule has 26 heavy (non-hydrogen) atoms. The maximum absolute atomic E-state index is 12.6. The van der Waals surface area contributed by atoms with Gasteiger partial charge in [-0.05, 0) is 51.9 Å². The number of hydrogen-bond acceptors (Lipinski definition) is 3. The van der Waals surface area contributed by atoms with Crippen LogP contribution in [0.25, 0.3) is 6.08 Å². The lowest BCUT2D eigenvalue weighted by Gasteiger charge is -2.11. The number of carbonyl (C=O) groups excluding carboxylic acids is 2. The summed E-state index contributed by atoms with van der Waals surface area (Å²) < 4.78 is 6.46. The summed E-state index contributed by atoms with van der Waals surface area (Å²) in [5, 5.41) is 2.64. The quantitative estimate of drug-likeness (QED) is 0.308. The highest BCUT2D eigenvalue weighted by Crippen LogP contribution is 2.24. The van der Waals surface area contributed by atoms with Crippen LogP contribution in [0.2, 0.25) is 0 Å². The Labute approximate surface area is 165 Å². The van der Waals surface area contributed by atoms with Crippen LogP contribution in [-0.4, -0.2) is 23.4 Å².